The molecule has 19 heavy (non-hydrogen) atoms. The molecule has 2 rings (SSSR count). The Morgan fingerprint density at radius 1 is 1.42 bits per heavy atom. The van der Waals surface area contributed by atoms with Crippen molar-refractivity contribution in [2.24, 2.45) is 5.92 Å². The Morgan fingerprint density at radius 3 is 2.84 bits per heavy atom. The molecular weight excluding hydrogens is 240 g/mol. The van der Waals surface area contributed by atoms with Crippen LogP contribution in [-0.4, -0.2) is 30.5 Å². The molecule has 0 spiro atoms. The van der Waals surface area contributed by atoms with Gasteiger partial charge in [0.1, 0.15) is 12.4 Å². The van der Waals surface area contributed by atoms with Crippen molar-refractivity contribution in [1.29, 1.82) is 5.26 Å². The SMILES string of the molecule is Cc1ccc(OCCN2CC(C#N)CCC2=O)cc1. The molecule has 0 radical (unpaired) electrons. The van der Waals surface area contributed by atoms with Crippen LogP contribution in [0.4, 0.5) is 0 Å². The van der Waals surface area contributed by atoms with E-state index in [9.17, 15) is 4.79 Å². The van der Waals surface area contributed by atoms with Gasteiger partial charge in [-0.15, -0.1) is 0 Å². The van der Waals surface area contributed by atoms with Crippen LogP contribution in [-0.2, 0) is 4.79 Å². The smallest absolute Gasteiger partial charge is 0.222 e. The predicted octanol–water partition coefficient (Wildman–Crippen LogP) is 2.14. The lowest BCUT2D eigenvalue weighted by Crippen LogP contribution is -2.41. The number of carbonyl (C=O) groups is 1. The molecule has 1 aliphatic rings. The zero-order valence-electron chi connectivity index (χ0n) is 11.1. The average Bonchev–Trinajstić information content (AvgIpc) is 2.43. The van der Waals surface area contributed by atoms with Crippen molar-refractivity contribution in [2.45, 2.75) is 19.8 Å². The van der Waals surface area contributed by atoms with Gasteiger partial charge >= 0.3 is 0 Å². The average molecular weight is 258 g/mol. The second-order valence-electron chi connectivity index (χ2n) is 4.87. The first-order valence-electron chi connectivity index (χ1n) is 6.56. The number of likely N-dealkylation sites (tertiary alicyclic amines) is 1. The fourth-order valence-electron chi connectivity index (χ4n) is 2.14. The van der Waals surface area contributed by atoms with E-state index in [0.717, 1.165) is 5.75 Å². The highest BCUT2D eigenvalue weighted by atomic mass is 16.5. The Labute approximate surface area is 113 Å². The maximum absolute atomic E-state index is 11.7. The van der Waals surface area contributed by atoms with E-state index in [0.29, 0.717) is 32.5 Å². The van der Waals surface area contributed by atoms with Crippen LogP contribution in [0.1, 0.15) is 18.4 Å². The van der Waals surface area contributed by atoms with E-state index in [1.54, 1.807) is 4.90 Å². The fourth-order valence-corrected chi connectivity index (χ4v) is 2.14. The Balaban J connectivity index is 1.80. The number of aryl methyl sites for hydroxylation is 1. The molecule has 1 amide bonds. The number of benzene rings is 1. The molecule has 0 N–H and O–H groups in total. The van der Waals surface area contributed by atoms with E-state index in [1.165, 1.54) is 5.56 Å². The Kier molecular flexibility index (Phi) is 4.40. The van der Waals surface area contributed by atoms with E-state index in [2.05, 4.69) is 6.07 Å². The molecule has 1 atom stereocenters. The Morgan fingerprint density at radius 2 is 2.16 bits per heavy atom. The van der Waals surface area contributed by atoms with Gasteiger partial charge in [0.05, 0.1) is 18.5 Å². The highest BCUT2D eigenvalue weighted by Gasteiger charge is 2.24. The summed E-state index contributed by atoms with van der Waals surface area (Å²) in [6.07, 6.45) is 1.16. The lowest BCUT2D eigenvalue weighted by atomic mass is 9.99. The summed E-state index contributed by atoms with van der Waals surface area (Å²) in [6.45, 7) is 3.57. The number of carbonyl (C=O) groups excluding carboxylic acids is 1. The van der Waals surface area contributed by atoms with Crippen LogP contribution in [0, 0.1) is 24.2 Å². The highest BCUT2D eigenvalue weighted by molar-refractivity contribution is 5.77. The van der Waals surface area contributed by atoms with Gasteiger partial charge in [0.15, 0.2) is 0 Å². The van der Waals surface area contributed by atoms with E-state index >= 15 is 0 Å². The lowest BCUT2D eigenvalue weighted by Gasteiger charge is -2.29. The summed E-state index contributed by atoms with van der Waals surface area (Å²) in [5.74, 6) is 0.906. The molecule has 0 saturated carbocycles. The largest absolute Gasteiger partial charge is 0.492 e. The van der Waals surface area contributed by atoms with Crippen LogP contribution in [0.3, 0.4) is 0 Å². The van der Waals surface area contributed by atoms with Gasteiger partial charge in [0.25, 0.3) is 0 Å². The number of nitriles is 1. The number of piperidine rings is 1. The summed E-state index contributed by atoms with van der Waals surface area (Å²) < 4.78 is 5.60. The highest BCUT2D eigenvalue weighted by Crippen LogP contribution is 2.17. The number of hydrogen-bond acceptors (Lipinski definition) is 3. The van der Waals surface area contributed by atoms with Crippen molar-refractivity contribution >= 4 is 5.91 Å². The first-order chi connectivity index (χ1) is 9.19. The minimum Gasteiger partial charge on any atom is -0.492 e. The van der Waals surface area contributed by atoms with Gasteiger partial charge in [-0.3, -0.25) is 4.79 Å². The zero-order valence-corrected chi connectivity index (χ0v) is 11.1. The van der Waals surface area contributed by atoms with E-state index in [1.807, 2.05) is 31.2 Å². The van der Waals surface area contributed by atoms with Crippen LogP contribution in [0.25, 0.3) is 0 Å². The van der Waals surface area contributed by atoms with Gasteiger partial charge in [0, 0.05) is 13.0 Å². The van der Waals surface area contributed by atoms with Crippen molar-refractivity contribution in [3.63, 3.8) is 0 Å². The third kappa shape index (κ3) is 3.72. The summed E-state index contributed by atoms with van der Waals surface area (Å²) in [6, 6.07) is 10.1. The van der Waals surface area contributed by atoms with Crippen LogP contribution < -0.4 is 4.74 Å². The molecule has 1 aromatic carbocycles. The molecule has 1 aromatic rings. The van der Waals surface area contributed by atoms with Crippen molar-refractivity contribution in [3.05, 3.63) is 29.8 Å². The maximum atomic E-state index is 11.7. The van der Waals surface area contributed by atoms with Crippen molar-refractivity contribution in [3.8, 4) is 11.8 Å². The lowest BCUT2D eigenvalue weighted by molar-refractivity contribution is -0.134. The second-order valence-corrected chi connectivity index (χ2v) is 4.87. The zero-order chi connectivity index (χ0) is 13.7. The fraction of sp³-hybridized carbons (Fsp3) is 0.467. The Bertz CT molecular complexity index is 476. The van der Waals surface area contributed by atoms with E-state index in [-0.39, 0.29) is 11.8 Å². The first-order valence-corrected chi connectivity index (χ1v) is 6.56. The topological polar surface area (TPSA) is 53.3 Å². The monoisotopic (exact) mass is 258 g/mol. The molecule has 100 valence electrons. The molecular formula is C15H18N2O2. The molecule has 1 saturated heterocycles. The summed E-state index contributed by atoms with van der Waals surface area (Å²) >= 11 is 0. The summed E-state index contributed by atoms with van der Waals surface area (Å²) in [5, 5.41) is 8.91. The third-order valence-corrected chi connectivity index (χ3v) is 3.33. The van der Waals surface area contributed by atoms with Crippen LogP contribution in [0.5, 0.6) is 5.75 Å². The van der Waals surface area contributed by atoms with Gasteiger partial charge < -0.3 is 9.64 Å². The third-order valence-electron chi connectivity index (χ3n) is 3.33. The Hall–Kier alpha value is -2.02. The molecule has 0 aliphatic carbocycles. The van der Waals surface area contributed by atoms with Crippen LogP contribution >= 0.6 is 0 Å². The van der Waals surface area contributed by atoms with E-state index < -0.39 is 0 Å². The van der Waals surface area contributed by atoms with Crippen molar-refractivity contribution in [1.82, 2.24) is 4.90 Å². The van der Waals surface area contributed by atoms with Gasteiger partial charge in [-0.2, -0.15) is 5.26 Å². The summed E-state index contributed by atoms with van der Waals surface area (Å²) in [5.41, 5.74) is 1.19. The van der Waals surface area contributed by atoms with Crippen LogP contribution in [0.15, 0.2) is 24.3 Å². The summed E-state index contributed by atoms with van der Waals surface area (Å²) in [7, 11) is 0. The minimum atomic E-state index is -0.0305. The van der Waals surface area contributed by atoms with Gasteiger partial charge in [-0.1, -0.05) is 17.7 Å². The molecule has 1 unspecified atom stereocenters. The van der Waals surface area contributed by atoms with Crippen molar-refractivity contribution in [2.75, 3.05) is 19.7 Å². The molecule has 1 fully saturated rings. The first kappa shape index (κ1) is 13.4. The molecule has 1 aliphatic heterocycles. The normalized spacial score (nSPS) is 19.1. The maximum Gasteiger partial charge on any atom is 0.222 e. The van der Waals surface area contributed by atoms with Gasteiger partial charge in [-0.25, -0.2) is 0 Å². The summed E-state index contributed by atoms with van der Waals surface area (Å²) in [4.78, 5) is 13.4. The van der Waals surface area contributed by atoms with E-state index in [4.69, 9.17) is 10.00 Å². The number of ether oxygens (including phenoxy) is 1. The minimum absolute atomic E-state index is 0.0305. The number of amides is 1. The molecule has 4 heteroatoms. The number of nitrogens with zero attached hydrogens (tertiary/aromatic N) is 2. The molecule has 4 nitrogen and oxygen atoms in total. The van der Waals surface area contributed by atoms with Crippen molar-refractivity contribution < 1.29 is 9.53 Å². The molecule has 0 aromatic heterocycles. The predicted molar refractivity (Wildman–Crippen MR) is 71.6 cm³/mol. The molecule has 0 bridgehead atoms. The standard InChI is InChI=1S/C15H18N2O2/c1-12-2-5-14(6-3-12)19-9-8-17-11-13(10-16)4-7-15(17)18/h2-3,5-6,13H,4,7-9,11H2,1H3. The number of rotatable bonds is 4. The number of hydrogen-bond donors (Lipinski definition) is 0. The van der Waals surface area contributed by atoms with Gasteiger partial charge in [-0.05, 0) is 25.5 Å². The molecule has 1 heterocycles. The quantitative estimate of drug-likeness (QED) is 0.831. The van der Waals surface area contributed by atoms with Crippen LogP contribution in [0.2, 0.25) is 0 Å². The second kappa shape index (κ2) is 6.24. The van der Waals surface area contributed by atoms with Gasteiger partial charge in [0.2, 0.25) is 5.91 Å².